The van der Waals surface area contributed by atoms with E-state index in [4.69, 9.17) is 4.74 Å². The Morgan fingerprint density at radius 1 is 1.62 bits per heavy atom. The van der Waals surface area contributed by atoms with Crippen molar-refractivity contribution < 1.29 is 14.3 Å². The van der Waals surface area contributed by atoms with E-state index in [9.17, 15) is 9.59 Å². The summed E-state index contributed by atoms with van der Waals surface area (Å²) < 4.78 is 5.05. The molecule has 1 atom stereocenters. The maximum Gasteiger partial charge on any atom is 0.329 e. The first-order chi connectivity index (χ1) is 7.63. The van der Waals surface area contributed by atoms with Crippen molar-refractivity contribution in [1.82, 2.24) is 5.32 Å². The molecule has 1 heterocycles. The molecule has 1 aromatic heterocycles. The Morgan fingerprint density at radius 3 is 2.88 bits per heavy atom. The van der Waals surface area contributed by atoms with E-state index in [1.807, 2.05) is 17.5 Å². The minimum absolute atomic E-state index is 0.225. The molecule has 1 unspecified atom stereocenters. The third-order valence-electron chi connectivity index (χ3n) is 1.78. The number of hydrogen-bond acceptors (Lipinski definition) is 5. The van der Waals surface area contributed by atoms with Crippen LogP contribution in [-0.2, 0) is 20.9 Å². The third kappa shape index (κ3) is 4.24. The monoisotopic (exact) mass is 259 g/mol. The highest BCUT2D eigenvalue weighted by atomic mass is 32.1. The van der Waals surface area contributed by atoms with Crippen molar-refractivity contribution in [2.24, 2.45) is 0 Å². The van der Waals surface area contributed by atoms with Gasteiger partial charge in [-0.05, 0) is 11.4 Å². The largest absolute Gasteiger partial charge is 0.458 e. The van der Waals surface area contributed by atoms with Crippen LogP contribution in [0.5, 0.6) is 0 Å². The van der Waals surface area contributed by atoms with Gasteiger partial charge in [-0.3, -0.25) is 4.79 Å². The lowest BCUT2D eigenvalue weighted by molar-refractivity contribution is -0.148. The lowest BCUT2D eigenvalue weighted by Gasteiger charge is -2.13. The first-order valence-electron chi connectivity index (χ1n) is 4.70. The highest BCUT2D eigenvalue weighted by Crippen LogP contribution is 2.10. The summed E-state index contributed by atoms with van der Waals surface area (Å²) in [6.07, 6.45) is 0. The molecular weight excluding hydrogens is 246 g/mol. The molecule has 1 amide bonds. The number of esters is 1. The molecule has 0 fully saturated rings. The maximum absolute atomic E-state index is 11.5. The van der Waals surface area contributed by atoms with Crippen LogP contribution >= 0.6 is 24.0 Å². The zero-order valence-corrected chi connectivity index (χ0v) is 10.5. The lowest BCUT2D eigenvalue weighted by Crippen LogP contribution is -2.42. The predicted octanol–water partition coefficient (Wildman–Crippen LogP) is 1.23. The van der Waals surface area contributed by atoms with Crippen molar-refractivity contribution >= 4 is 35.8 Å². The van der Waals surface area contributed by atoms with Crippen molar-refractivity contribution in [3.05, 3.63) is 22.4 Å². The van der Waals surface area contributed by atoms with E-state index in [1.165, 1.54) is 18.3 Å². The number of carbonyl (C=O) groups excluding carboxylic acids is 2. The van der Waals surface area contributed by atoms with Crippen LogP contribution in [0.2, 0.25) is 0 Å². The minimum atomic E-state index is -0.680. The van der Waals surface area contributed by atoms with Gasteiger partial charge in [0.1, 0.15) is 12.6 Å². The predicted molar refractivity (Wildman–Crippen MR) is 65.6 cm³/mol. The van der Waals surface area contributed by atoms with Gasteiger partial charge >= 0.3 is 5.97 Å². The maximum atomic E-state index is 11.5. The van der Waals surface area contributed by atoms with Crippen LogP contribution < -0.4 is 5.32 Å². The number of ether oxygens (including phenoxy) is 1. The average molecular weight is 259 g/mol. The van der Waals surface area contributed by atoms with Crippen LogP contribution in [0, 0.1) is 0 Å². The number of rotatable bonds is 5. The molecule has 0 spiro atoms. The standard InChI is InChI=1S/C10H13NO3S2/c1-7(12)11-9(6-15)10(13)14-5-8-3-2-4-16-8/h2-4,9,15H,5-6H2,1H3,(H,11,12). The highest BCUT2D eigenvalue weighted by Gasteiger charge is 2.19. The summed E-state index contributed by atoms with van der Waals surface area (Å²) in [7, 11) is 0. The summed E-state index contributed by atoms with van der Waals surface area (Å²) in [6.45, 7) is 1.59. The molecule has 0 radical (unpaired) electrons. The quantitative estimate of drug-likeness (QED) is 0.617. The van der Waals surface area contributed by atoms with Crippen molar-refractivity contribution in [3.8, 4) is 0 Å². The molecule has 0 saturated carbocycles. The van der Waals surface area contributed by atoms with Gasteiger partial charge in [0.25, 0.3) is 0 Å². The Kier molecular flexibility index (Phi) is 5.34. The number of carbonyl (C=O) groups is 2. The number of hydrogen-bond donors (Lipinski definition) is 2. The fourth-order valence-electron chi connectivity index (χ4n) is 1.06. The molecule has 0 aliphatic carbocycles. The molecule has 1 aromatic rings. The molecule has 1 rings (SSSR count). The van der Waals surface area contributed by atoms with Crippen LogP contribution in [-0.4, -0.2) is 23.7 Å². The normalized spacial score (nSPS) is 11.9. The molecule has 1 N–H and O–H groups in total. The summed E-state index contributed by atoms with van der Waals surface area (Å²) in [6, 6.07) is 3.09. The molecule has 0 aliphatic rings. The fraction of sp³-hybridized carbons (Fsp3) is 0.400. The lowest BCUT2D eigenvalue weighted by atomic mass is 10.3. The van der Waals surface area contributed by atoms with Crippen LogP contribution in [0.1, 0.15) is 11.8 Å². The van der Waals surface area contributed by atoms with Gasteiger partial charge < -0.3 is 10.1 Å². The fourth-order valence-corrected chi connectivity index (χ4v) is 1.92. The van der Waals surface area contributed by atoms with E-state index >= 15 is 0 Å². The molecule has 88 valence electrons. The van der Waals surface area contributed by atoms with Gasteiger partial charge in [0.05, 0.1) is 0 Å². The molecule has 0 saturated heterocycles. The van der Waals surface area contributed by atoms with E-state index in [1.54, 1.807) is 0 Å². The second-order valence-corrected chi connectivity index (χ2v) is 4.52. The van der Waals surface area contributed by atoms with Gasteiger partial charge in [-0.2, -0.15) is 12.6 Å². The smallest absolute Gasteiger partial charge is 0.329 e. The molecule has 0 aliphatic heterocycles. The van der Waals surface area contributed by atoms with Crippen LogP contribution in [0.25, 0.3) is 0 Å². The summed E-state index contributed by atoms with van der Waals surface area (Å²) in [5.74, 6) is -0.506. The number of thiophene rings is 1. The Labute approximate surface area is 103 Å². The molecule has 0 aromatic carbocycles. The summed E-state index contributed by atoms with van der Waals surface area (Å²) in [4.78, 5) is 23.3. The van der Waals surface area contributed by atoms with E-state index in [2.05, 4.69) is 17.9 Å². The topological polar surface area (TPSA) is 55.4 Å². The van der Waals surface area contributed by atoms with Gasteiger partial charge in [-0.15, -0.1) is 11.3 Å². The van der Waals surface area contributed by atoms with Gasteiger partial charge in [-0.1, -0.05) is 6.07 Å². The molecule has 16 heavy (non-hydrogen) atoms. The van der Waals surface area contributed by atoms with E-state index < -0.39 is 12.0 Å². The minimum Gasteiger partial charge on any atom is -0.458 e. The average Bonchev–Trinajstić information content (AvgIpc) is 2.75. The molecule has 4 nitrogen and oxygen atoms in total. The van der Waals surface area contributed by atoms with Gasteiger partial charge in [-0.25, -0.2) is 4.79 Å². The Balaban J connectivity index is 2.40. The number of thiol groups is 1. The van der Waals surface area contributed by atoms with Crippen LogP contribution in [0.3, 0.4) is 0 Å². The highest BCUT2D eigenvalue weighted by molar-refractivity contribution is 7.80. The van der Waals surface area contributed by atoms with Gasteiger partial charge in [0, 0.05) is 17.6 Å². The number of amides is 1. The molecule has 6 heteroatoms. The first kappa shape index (κ1) is 13.1. The summed E-state index contributed by atoms with van der Waals surface area (Å²) >= 11 is 5.50. The summed E-state index contributed by atoms with van der Waals surface area (Å²) in [5.41, 5.74) is 0. The van der Waals surface area contributed by atoms with Crippen molar-refractivity contribution in [3.63, 3.8) is 0 Å². The second kappa shape index (κ2) is 6.55. The summed E-state index contributed by atoms with van der Waals surface area (Å²) in [5, 5.41) is 4.38. The van der Waals surface area contributed by atoms with Gasteiger partial charge in [0.15, 0.2) is 0 Å². The second-order valence-electron chi connectivity index (χ2n) is 3.12. The third-order valence-corrected chi connectivity index (χ3v) is 3.00. The first-order valence-corrected chi connectivity index (χ1v) is 6.21. The number of nitrogens with one attached hydrogen (secondary N) is 1. The van der Waals surface area contributed by atoms with Crippen molar-refractivity contribution in [2.75, 3.05) is 5.75 Å². The zero-order chi connectivity index (χ0) is 12.0. The van der Waals surface area contributed by atoms with Crippen molar-refractivity contribution in [2.45, 2.75) is 19.6 Å². The van der Waals surface area contributed by atoms with E-state index in [-0.39, 0.29) is 18.3 Å². The molecular formula is C10H13NO3S2. The van der Waals surface area contributed by atoms with Crippen LogP contribution in [0.15, 0.2) is 17.5 Å². The van der Waals surface area contributed by atoms with Crippen molar-refractivity contribution in [1.29, 1.82) is 0 Å². The van der Waals surface area contributed by atoms with E-state index in [0.717, 1.165) is 4.88 Å². The SMILES string of the molecule is CC(=O)NC(CS)C(=O)OCc1cccs1. The zero-order valence-electron chi connectivity index (χ0n) is 8.80. The molecule has 0 bridgehead atoms. The van der Waals surface area contributed by atoms with E-state index in [0.29, 0.717) is 0 Å². The Hall–Kier alpha value is -1.01. The Morgan fingerprint density at radius 2 is 2.38 bits per heavy atom. The van der Waals surface area contributed by atoms with Crippen LogP contribution in [0.4, 0.5) is 0 Å². The Bertz CT molecular complexity index is 351. The van der Waals surface area contributed by atoms with Gasteiger partial charge in [0.2, 0.25) is 5.91 Å².